The lowest BCUT2D eigenvalue weighted by Crippen LogP contribution is -2.35. The Labute approximate surface area is 118 Å². The average Bonchev–Trinajstić information content (AvgIpc) is 3.08. The molecule has 1 saturated heterocycles. The molecule has 1 aliphatic heterocycles. The predicted octanol–water partition coefficient (Wildman–Crippen LogP) is 1.35. The van der Waals surface area contributed by atoms with Gasteiger partial charge in [0.05, 0.1) is 0 Å². The summed E-state index contributed by atoms with van der Waals surface area (Å²) in [4.78, 5) is 20.6. The first-order chi connectivity index (χ1) is 9.34. The summed E-state index contributed by atoms with van der Waals surface area (Å²) >= 11 is 2.85. The van der Waals surface area contributed by atoms with Crippen molar-refractivity contribution in [2.24, 2.45) is 0 Å². The van der Waals surface area contributed by atoms with Gasteiger partial charge in [0.1, 0.15) is 0 Å². The Morgan fingerprint density at radius 3 is 2.95 bits per heavy atom. The molecule has 3 rings (SSSR count). The highest BCUT2D eigenvalue weighted by Crippen LogP contribution is 2.19. The van der Waals surface area contributed by atoms with Crippen LogP contribution in [-0.2, 0) is 0 Å². The molecule has 0 saturated carbocycles. The lowest BCUT2D eigenvalue weighted by atomic mass is 10.3. The third-order valence-corrected chi connectivity index (χ3v) is 4.39. The van der Waals surface area contributed by atoms with Gasteiger partial charge in [-0.2, -0.15) is 0 Å². The first-order valence-electron chi connectivity index (χ1n) is 6.05. The highest BCUT2D eigenvalue weighted by atomic mass is 32.1. The minimum atomic E-state index is -0.0188. The fourth-order valence-corrected chi connectivity index (χ4v) is 3.23. The molecule has 1 aliphatic rings. The van der Waals surface area contributed by atoms with E-state index in [1.807, 2.05) is 16.5 Å². The topological polar surface area (TPSA) is 62.2 Å². The highest BCUT2D eigenvalue weighted by Gasteiger charge is 2.22. The van der Waals surface area contributed by atoms with Gasteiger partial charge in [-0.3, -0.25) is 4.79 Å². The van der Waals surface area contributed by atoms with Gasteiger partial charge in [0.2, 0.25) is 0 Å². The van der Waals surface area contributed by atoms with Gasteiger partial charge < -0.3 is 9.80 Å². The van der Waals surface area contributed by atoms with Gasteiger partial charge in [-0.15, -0.1) is 16.4 Å². The first-order valence-corrected chi connectivity index (χ1v) is 7.77. The van der Waals surface area contributed by atoms with Gasteiger partial charge in [0, 0.05) is 43.1 Å². The minimum Gasteiger partial charge on any atom is -0.346 e. The molecule has 2 aromatic heterocycles. The van der Waals surface area contributed by atoms with Crippen LogP contribution in [0.4, 0.5) is 5.13 Å². The summed E-state index contributed by atoms with van der Waals surface area (Å²) in [7, 11) is 0. The van der Waals surface area contributed by atoms with Crippen LogP contribution >= 0.6 is 22.9 Å². The Bertz CT molecular complexity index is 527. The minimum absolute atomic E-state index is 0.0188. The van der Waals surface area contributed by atoms with Crippen molar-refractivity contribution in [2.45, 2.75) is 6.42 Å². The number of nitrogens with zero attached hydrogens (tertiary/aromatic N) is 5. The quantitative estimate of drug-likeness (QED) is 0.837. The second-order valence-electron chi connectivity index (χ2n) is 4.24. The van der Waals surface area contributed by atoms with E-state index < -0.39 is 0 Å². The normalized spacial score (nSPS) is 16.4. The maximum Gasteiger partial charge on any atom is 0.275 e. The summed E-state index contributed by atoms with van der Waals surface area (Å²) in [5.74, 6) is -0.0188. The van der Waals surface area contributed by atoms with Crippen molar-refractivity contribution < 1.29 is 4.79 Å². The molecule has 0 unspecified atom stereocenters. The molecule has 1 fully saturated rings. The summed E-state index contributed by atoms with van der Waals surface area (Å²) in [6, 6.07) is 0. The zero-order chi connectivity index (χ0) is 13.1. The van der Waals surface area contributed by atoms with E-state index in [9.17, 15) is 4.79 Å². The standard InChI is InChI=1S/C11H13N5OS2/c17-10(9-8-19-14-13-9)15-3-1-4-16(6-5-15)11-12-2-7-18-11/h2,7-8H,1,3-6H2. The Hall–Kier alpha value is -1.54. The van der Waals surface area contributed by atoms with Gasteiger partial charge in [-0.25, -0.2) is 4.98 Å². The summed E-state index contributed by atoms with van der Waals surface area (Å²) in [5, 5.41) is 8.55. The number of carbonyl (C=O) groups excluding carboxylic acids is 1. The van der Waals surface area contributed by atoms with Gasteiger partial charge in [-0.05, 0) is 18.0 Å². The zero-order valence-electron chi connectivity index (χ0n) is 10.2. The van der Waals surface area contributed by atoms with Crippen LogP contribution in [0.1, 0.15) is 16.9 Å². The van der Waals surface area contributed by atoms with E-state index in [4.69, 9.17) is 0 Å². The van der Waals surface area contributed by atoms with Gasteiger partial charge >= 0.3 is 0 Å². The van der Waals surface area contributed by atoms with Crippen LogP contribution in [0, 0.1) is 0 Å². The first kappa shape index (κ1) is 12.5. The molecule has 0 aromatic carbocycles. The molecule has 0 spiro atoms. The Kier molecular flexibility index (Phi) is 3.69. The lowest BCUT2D eigenvalue weighted by Gasteiger charge is -2.20. The SMILES string of the molecule is O=C(c1csnn1)N1CCCN(c2nccs2)CC1. The molecule has 0 radical (unpaired) electrons. The molecule has 100 valence electrons. The molecule has 2 aromatic rings. The Morgan fingerprint density at radius 2 is 2.21 bits per heavy atom. The van der Waals surface area contributed by atoms with Crippen molar-refractivity contribution in [1.82, 2.24) is 19.5 Å². The van der Waals surface area contributed by atoms with Crippen LogP contribution in [0.3, 0.4) is 0 Å². The van der Waals surface area contributed by atoms with Gasteiger partial charge in [0.25, 0.3) is 5.91 Å². The highest BCUT2D eigenvalue weighted by molar-refractivity contribution is 7.13. The number of rotatable bonds is 2. The number of aromatic nitrogens is 3. The molecular formula is C11H13N5OS2. The third kappa shape index (κ3) is 2.74. The van der Waals surface area contributed by atoms with Crippen molar-refractivity contribution in [3.05, 3.63) is 22.7 Å². The van der Waals surface area contributed by atoms with Crippen LogP contribution in [0.15, 0.2) is 17.0 Å². The van der Waals surface area contributed by atoms with E-state index in [0.29, 0.717) is 12.2 Å². The maximum atomic E-state index is 12.2. The fourth-order valence-electron chi connectivity index (χ4n) is 2.10. The molecule has 0 atom stereocenters. The Morgan fingerprint density at radius 1 is 1.26 bits per heavy atom. The van der Waals surface area contributed by atoms with Crippen LogP contribution in [0.5, 0.6) is 0 Å². The van der Waals surface area contributed by atoms with Crippen molar-refractivity contribution >= 4 is 33.9 Å². The maximum absolute atomic E-state index is 12.2. The molecule has 1 amide bonds. The molecular weight excluding hydrogens is 282 g/mol. The number of hydrogen-bond donors (Lipinski definition) is 0. The summed E-state index contributed by atoms with van der Waals surface area (Å²) < 4.78 is 3.74. The monoisotopic (exact) mass is 295 g/mol. The average molecular weight is 295 g/mol. The summed E-state index contributed by atoms with van der Waals surface area (Å²) in [6.45, 7) is 3.22. The fraction of sp³-hybridized carbons (Fsp3) is 0.455. The third-order valence-electron chi connectivity index (χ3n) is 3.05. The molecule has 6 nitrogen and oxygen atoms in total. The number of carbonyl (C=O) groups is 1. The van der Waals surface area contributed by atoms with E-state index in [0.717, 1.165) is 31.2 Å². The van der Waals surface area contributed by atoms with E-state index in [1.165, 1.54) is 11.5 Å². The lowest BCUT2D eigenvalue weighted by molar-refractivity contribution is 0.0761. The molecule has 0 N–H and O–H groups in total. The van der Waals surface area contributed by atoms with E-state index in [1.54, 1.807) is 16.7 Å². The van der Waals surface area contributed by atoms with Crippen molar-refractivity contribution in [2.75, 3.05) is 31.1 Å². The van der Waals surface area contributed by atoms with Crippen LogP contribution in [-0.4, -0.2) is 51.6 Å². The predicted molar refractivity (Wildman–Crippen MR) is 74.8 cm³/mol. The van der Waals surface area contributed by atoms with Gasteiger partial charge in [0.15, 0.2) is 10.8 Å². The van der Waals surface area contributed by atoms with Crippen LogP contribution < -0.4 is 4.90 Å². The van der Waals surface area contributed by atoms with Crippen LogP contribution in [0.2, 0.25) is 0 Å². The second kappa shape index (κ2) is 5.62. The van der Waals surface area contributed by atoms with E-state index >= 15 is 0 Å². The van der Waals surface area contributed by atoms with Crippen molar-refractivity contribution in [3.8, 4) is 0 Å². The molecule has 3 heterocycles. The van der Waals surface area contributed by atoms with Crippen LogP contribution in [0.25, 0.3) is 0 Å². The Balaban J connectivity index is 1.66. The molecule has 19 heavy (non-hydrogen) atoms. The molecule has 0 bridgehead atoms. The summed E-state index contributed by atoms with van der Waals surface area (Å²) in [5.41, 5.74) is 0.452. The van der Waals surface area contributed by atoms with Gasteiger partial charge in [-0.1, -0.05) is 4.49 Å². The van der Waals surface area contributed by atoms with E-state index in [-0.39, 0.29) is 5.91 Å². The van der Waals surface area contributed by atoms with Crippen molar-refractivity contribution in [1.29, 1.82) is 0 Å². The van der Waals surface area contributed by atoms with Crippen molar-refractivity contribution in [3.63, 3.8) is 0 Å². The summed E-state index contributed by atoms with van der Waals surface area (Å²) in [6.07, 6.45) is 2.76. The molecule has 0 aliphatic carbocycles. The number of anilines is 1. The molecule has 8 heteroatoms. The van der Waals surface area contributed by atoms with E-state index in [2.05, 4.69) is 19.5 Å². The largest absolute Gasteiger partial charge is 0.346 e. The second-order valence-corrected chi connectivity index (χ2v) is 5.72. The zero-order valence-corrected chi connectivity index (χ0v) is 11.9. The number of thiazole rings is 1. The number of hydrogen-bond acceptors (Lipinski definition) is 7. The smallest absolute Gasteiger partial charge is 0.275 e. The number of amides is 1.